The number of rotatable bonds is 14. The fourth-order valence-electron chi connectivity index (χ4n) is 5.59. The Morgan fingerprint density at radius 2 is 1.67 bits per heavy atom. The molecule has 2 heterocycles. The zero-order valence-electron chi connectivity index (χ0n) is 25.3. The summed E-state index contributed by atoms with van der Waals surface area (Å²) < 4.78 is 19.6. The molecule has 1 atom stereocenters. The summed E-state index contributed by atoms with van der Waals surface area (Å²) in [6.45, 7) is 19.0. The lowest BCUT2D eigenvalue weighted by molar-refractivity contribution is -0.145. The SMILES string of the molecule is CCOC(=O)C1CC12CCC(c1cc(N(COCC[Si](C)(C)C)COCC[Si](C)(C)C)n3nccc3n1)CC2. The van der Waals surface area contributed by atoms with Crippen molar-refractivity contribution in [2.75, 3.05) is 38.2 Å². The molecule has 39 heavy (non-hydrogen) atoms. The molecule has 2 aliphatic rings. The van der Waals surface area contributed by atoms with Crippen LogP contribution in [0.5, 0.6) is 0 Å². The molecule has 10 heteroatoms. The predicted octanol–water partition coefficient (Wildman–Crippen LogP) is 6.39. The largest absolute Gasteiger partial charge is 0.466 e. The molecule has 0 aromatic carbocycles. The van der Waals surface area contributed by atoms with Crippen molar-refractivity contribution in [2.45, 2.75) is 96.3 Å². The van der Waals surface area contributed by atoms with E-state index >= 15 is 0 Å². The van der Waals surface area contributed by atoms with E-state index < -0.39 is 16.1 Å². The van der Waals surface area contributed by atoms with E-state index in [1.807, 2.05) is 23.7 Å². The number of hydrogen-bond acceptors (Lipinski definition) is 7. The normalized spacial score (nSPS) is 23.4. The average Bonchev–Trinajstić information content (AvgIpc) is 3.33. The average molecular weight is 575 g/mol. The topological polar surface area (TPSA) is 78.2 Å². The van der Waals surface area contributed by atoms with E-state index in [4.69, 9.17) is 19.2 Å². The number of esters is 1. The number of anilines is 1. The number of hydrogen-bond donors (Lipinski definition) is 0. The van der Waals surface area contributed by atoms with Gasteiger partial charge in [-0.3, -0.25) is 4.79 Å². The van der Waals surface area contributed by atoms with Gasteiger partial charge in [0.15, 0.2) is 5.65 Å². The van der Waals surface area contributed by atoms with Gasteiger partial charge in [-0.1, -0.05) is 39.3 Å². The Morgan fingerprint density at radius 3 is 2.23 bits per heavy atom. The molecule has 0 aliphatic heterocycles. The lowest BCUT2D eigenvalue weighted by atomic mass is 9.77. The van der Waals surface area contributed by atoms with Gasteiger partial charge >= 0.3 is 5.97 Å². The molecule has 2 aromatic rings. The molecule has 0 bridgehead atoms. The van der Waals surface area contributed by atoms with Gasteiger partial charge in [0, 0.05) is 53.1 Å². The summed E-state index contributed by atoms with van der Waals surface area (Å²) in [5.41, 5.74) is 2.12. The molecule has 0 saturated heterocycles. The van der Waals surface area contributed by atoms with Crippen LogP contribution < -0.4 is 4.90 Å². The van der Waals surface area contributed by atoms with E-state index in [1.54, 1.807) is 0 Å². The quantitative estimate of drug-likeness (QED) is 0.112. The zero-order valence-corrected chi connectivity index (χ0v) is 27.3. The van der Waals surface area contributed by atoms with Gasteiger partial charge in [-0.25, -0.2) is 4.98 Å². The van der Waals surface area contributed by atoms with Gasteiger partial charge in [0.1, 0.15) is 19.3 Å². The van der Waals surface area contributed by atoms with Crippen molar-refractivity contribution in [1.82, 2.24) is 14.6 Å². The minimum absolute atomic E-state index is 0.00376. The highest BCUT2D eigenvalue weighted by atomic mass is 28.3. The van der Waals surface area contributed by atoms with E-state index in [9.17, 15) is 4.79 Å². The van der Waals surface area contributed by atoms with Crippen LogP contribution in [0.3, 0.4) is 0 Å². The van der Waals surface area contributed by atoms with Gasteiger partial charge in [-0.05, 0) is 56.5 Å². The van der Waals surface area contributed by atoms with Gasteiger partial charge < -0.3 is 19.1 Å². The molecule has 2 saturated carbocycles. The lowest BCUT2D eigenvalue weighted by Crippen LogP contribution is -2.33. The Morgan fingerprint density at radius 1 is 1.05 bits per heavy atom. The van der Waals surface area contributed by atoms with Crippen molar-refractivity contribution in [2.24, 2.45) is 11.3 Å². The van der Waals surface area contributed by atoms with E-state index in [1.165, 1.54) is 0 Å². The van der Waals surface area contributed by atoms with Crippen LogP contribution in [0, 0.1) is 11.3 Å². The summed E-state index contributed by atoms with van der Waals surface area (Å²) in [4.78, 5) is 19.5. The Kier molecular flexibility index (Phi) is 9.61. The van der Waals surface area contributed by atoms with E-state index in [-0.39, 0.29) is 17.3 Å². The third-order valence-corrected chi connectivity index (χ3v) is 11.7. The van der Waals surface area contributed by atoms with E-state index in [0.717, 1.165) is 74.6 Å². The Bertz CT molecular complexity index is 1080. The van der Waals surface area contributed by atoms with Crippen molar-refractivity contribution in [3.8, 4) is 0 Å². The van der Waals surface area contributed by atoms with Crippen molar-refractivity contribution >= 4 is 33.6 Å². The van der Waals surface area contributed by atoms with Gasteiger partial charge in [-0.2, -0.15) is 9.61 Å². The molecule has 2 fully saturated rings. The van der Waals surface area contributed by atoms with Crippen LogP contribution in [0.4, 0.5) is 5.82 Å². The van der Waals surface area contributed by atoms with Crippen LogP contribution in [0.15, 0.2) is 18.3 Å². The number of fused-ring (bicyclic) bond motifs is 1. The van der Waals surface area contributed by atoms with E-state index in [0.29, 0.717) is 26.0 Å². The number of aromatic nitrogens is 3. The van der Waals surface area contributed by atoms with Gasteiger partial charge in [-0.15, -0.1) is 0 Å². The standard InChI is InChI=1S/C29H50N4O4Si2/c1-8-37-28(34)24-20-29(24)12-9-23(10-13-29)25-19-27(33-26(31-25)11-14-30-33)32(21-35-15-17-38(2,3)4)22-36-16-18-39(5,6)7/h11,14,19,23-24H,8-10,12-13,15-18,20-22H2,1-7H3. The molecule has 8 nitrogen and oxygen atoms in total. The van der Waals surface area contributed by atoms with Gasteiger partial charge in [0.25, 0.3) is 0 Å². The number of carbonyl (C=O) groups is 1. The number of carbonyl (C=O) groups excluding carboxylic acids is 1. The highest BCUT2D eigenvalue weighted by Gasteiger charge is 2.59. The minimum atomic E-state index is -1.18. The third-order valence-electron chi connectivity index (χ3n) is 8.33. The molecular weight excluding hydrogens is 525 g/mol. The van der Waals surface area contributed by atoms with Crippen LogP contribution >= 0.6 is 0 Å². The fraction of sp³-hybridized carbons (Fsp3) is 0.759. The van der Waals surface area contributed by atoms with Crippen molar-refractivity contribution in [3.63, 3.8) is 0 Å². The minimum Gasteiger partial charge on any atom is -0.466 e. The number of ether oxygens (including phenoxy) is 3. The molecule has 4 rings (SSSR count). The molecule has 1 unspecified atom stereocenters. The molecule has 0 amide bonds. The second kappa shape index (κ2) is 12.4. The first-order chi connectivity index (χ1) is 18.4. The second-order valence-electron chi connectivity index (χ2n) is 14.0. The third kappa shape index (κ3) is 8.14. The summed E-state index contributed by atoms with van der Waals surface area (Å²) >= 11 is 0. The van der Waals surface area contributed by atoms with Crippen LogP contribution in [0.2, 0.25) is 51.4 Å². The summed E-state index contributed by atoms with van der Waals surface area (Å²) in [6, 6.07) is 6.44. The van der Waals surface area contributed by atoms with Crippen molar-refractivity contribution in [1.29, 1.82) is 0 Å². The second-order valence-corrected chi connectivity index (χ2v) is 25.3. The molecule has 2 aromatic heterocycles. The lowest BCUT2D eigenvalue weighted by Gasteiger charge is -2.30. The molecular formula is C29H50N4O4Si2. The van der Waals surface area contributed by atoms with Crippen molar-refractivity contribution < 1.29 is 19.0 Å². The first-order valence-electron chi connectivity index (χ1n) is 14.8. The van der Waals surface area contributed by atoms with Crippen LogP contribution in [-0.2, 0) is 19.0 Å². The van der Waals surface area contributed by atoms with E-state index in [2.05, 4.69) is 55.3 Å². The predicted molar refractivity (Wildman–Crippen MR) is 162 cm³/mol. The smallest absolute Gasteiger partial charge is 0.309 e. The molecule has 1 spiro atoms. The fourth-order valence-corrected chi connectivity index (χ4v) is 7.10. The highest BCUT2D eigenvalue weighted by molar-refractivity contribution is 6.76. The molecule has 2 aliphatic carbocycles. The Hall–Kier alpha value is -1.76. The maximum Gasteiger partial charge on any atom is 0.309 e. The highest BCUT2D eigenvalue weighted by Crippen LogP contribution is 2.63. The maximum absolute atomic E-state index is 12.3. The Balaban J connectivity index is 1.48. The van der Waals surface area contributed by atoms with Crippen LogP contribution in [-0.4, -0.2) is 70.0 Å². The monoisotopic (exact) mass is 574 g/mol. The first kappa shape index (κ1) is 30.2. The molecule has 0 radical (unpaired) electrons. The van der Waals surface area contributed by atoms with Crippen LogP contribution in [0.25, 0.3) is 5.65 Å². The summed E-state index contributed by atoms with van der Waals surface area (Å²) in [7, 11) is -2.35. The van der Waals surface area contributed by atoms with Gasteiger partial charge in [0.2, 0.25) is 0 Å². The molecule has 0 N–H and O–H groups in total. The van der Waals surface area contributed by atoms with Crippen LogP contribution in [0.1, 0.15) is 50.6 Å². The molecule has 218 valence electrons. The Labute approximate surface area is 236 Å². The first-order valence-corrected chi connectivity index (χ1v) is 22.2. The zero-order chi connectivity index (χ0) is 28.3. The summed E-state index contributed by atoms with van der Waals surface area (Å²) in [5.74, 6) is 1.43. The maximum atomic E-state index is 12.3. The van der Waals surface area contributed by atoms with Gasteiger partial charge in [0.05, 0.1) is 18.7 Å². The van der Waals surface area contributed by atoms with Crippen molar-refractivity contribution in [3.05, 3.63) is 24.0 Å². The number of nitrogens with zero attached hydrogens (tertiary/aromatic N) is 4. The summed E-state index contributed by atoms with van der Waals surface area (Å²) in [6.07, 6.45) is 7.02. The summed E-state index contributed by atoms with van der Waals surface area (Å²) in [5, 5.41) is 4.60.